The van der Waals surface area contributed by atoms with Crippen molar-refractivity contribution in [3.05, 3.63) is 48.1 Å². The van der Waals surface area contributed by atoms with E-state index in [1.807, 2.05) is 12.3 Å². The number of hydrogen-bond donors (Lipinski definition) is 4. The van der Waals surface area contributed by atoms with Crippen LogP contribution in [0, 0.1) is 5.41 Å². The van der Waals surface area contributed by atoms with Crippen LogP contribution in [0.15, 0.2) is 36.8 Å². The van der Waals surface area contributed by atoms with Gasteiger partial charge >= 0.3 is 0 Å². The number of aliphatic hydroxyl groups is 1. The molecular formula is C28H42N8O3. The van der Waals surface area contributed by atoms with E-state index in [-0.39, 0.29) is 18.6 Å². The number of nitrogens with zero attached hydrogens (tertiary/aromatic N) is 5. The standard InChI is InChI=1S/C28H42N8O3/c1-21(32-27-22(19-29)18-25(28(38)33(2)3)36(27)23-6-4-5-7-23)31-26-9-8-24(20-30-26)35-12-10-34(11-13-35)14-16-39-17-15-37/h8-9,18-20,23,29,32,37H,1,4-7,10-17H2,2-3H3,(H,30,31). The molecule has 11 nitrogen and oxygen atoms in total. The zero-order valence-corrected chi connectivity index (χ0v) is 23.2. The van der Waals surface area contributed by atoms with E-state index in [2.05, 4.69) is 42.6 Å². The number of nitrogens with one attached hydrogen (secondary N) is 3. The molecule has 3 heterocycles. The number of amides is 1. The number of rotatable bonds is 13. The second-order valence-electron chi connectivity index (χ2n) is 10.3. The van der Waals surface area contributed by atoms with Crippen LogP contribution in [0.25, 0.3) is 0 Å². The number of aromatic nitrogens is 2. The summed E-state index contributed by atoms with van der Waals surface area (Å²) in [6.45, 7) is 9.86. The van der Waals surface area contributed by atoms with Gasteiger partial charge in [-0.1, -0.05) is 19.4 Å². The summed E-state index contributed by atoms with van der Waals surface area (Å²) in [6.07, 6.45) is 7.41. The Labute approximate surface area is 230 Å². The van der Waals surface area contributed by atoms with Gasteiger partial charge in [0.25, 0.3) is 5.91 Å². The fraction of sp³-hybridized carbons (Fsp3) is 0.536. The predicted molar refractivity (Wildman–Crippen MR) is 155 cm³/mol. The zero-order chi connectivity index (χ0) is 27.8. The zero-order valence-electron chi connectivity index (χ0n) is 23.2. The Bertz CT molecular complexity index is 1120. The van der Waals surface area contributed by atoms with Gasteiger partial charge in [-0.05, 0) is 31.0 Å². The molecule has 1 saturated heterocycles. The molecule has 0 atom stereocenters. The summed E-state index contributed by atoms with van der Waals surface area (Å²) in [6, 6.07) is 5.99. The number of pyridine rings is 1. The second kappa shape index (κ2) is 13.6. The summed E-state index contributed by atoms with van der Waals surface area (Å²) < 4.78 is 7.43. The van der Waals surface area contributed by atoms with Crippen LogP contribution in [0.5, 0.6) is 0 Å². The molecule has 2 aromatic heterocycles. The van der Waals surface area contributed by atoms with Crippen LogP contribution in [-0.2, 0) is 4.74 Å². The molecule has 2 aromatic rings. The lowest BCUT2D eigenvalue weighted by molar-refractivity contribution is 0.0724. The number of carbonyl (C=O) groups excluding carboxylic acids is 1. The molecule has 11 heteroatoms. The molecule has 2 fully saturated rings. The van der Waals surface area contributed by atoms with Crippen molar-refractivity contribution in [2.45, 2.75) is 31.7 Å². The van der Waals surface area contributed by atoms with Crippen LogP contribution < -0.4 is 15.5 Å². The minimum absolute atomic E-state index is 0.0621. The van der Waals surface area contributed by atoms with Crippen molar-refractivity contribution in [1.29, 1.82) is 5.41 Å². The second-order valence-corrected chi connectivity index (χ2v) is 10.3. The summed E-state index contributed by atoms with van der Waals surface area (Å²) in [5.74, 6) is 1.81. The molecule has 1 amide bonds. The van der Waals surface area contributed by atoms with Gasteiger partial charge in [0.1, 0.15) is 23.2 Å². The average Bonchev–Trinajstić information content (AvgIpc) is 3.59. The summed E-state index contributed by atoms with van der Waals surface area (Å²) in [7, 11) is 3.49. The summed E-state index contributed by atoms with van der Waals surface area (Å²) in [5.41, 5.74) is 2.31. The lowest BCUT2D eigenvalue weighted by Gasteiger charge is -2.35. The van der Waals surface area contributed by atoms with Crippen molar-refractivity contribution in [2.24, 2.45) is 0 Å². The van der Waals surface area contributed by atoms with E-state index in [1.54, 1.807) is 25.1 Å². The van der Waals surface area contributed by atoms with Crippen molar-refractivity contribution in [2.75, 3.05) is 82.2 Å². The Kier molecular flexibility index (Phi) is 9.96. The summed E-state index contributed by atoms with van der Waals surface area (Å²) in [4.78, 5) is 23.8. The molecule has 4 rings (SSSR count). The van der Waals surface area contributed by atoms with Gasteiger partial charge in [-0.2, -0.15) is 0 Å². The van der Waals surface area contributed by atoms with Crippen molar-refractivity contribution in [1.82, 2.24) is 19.4 Å². The maximum Gasteiger partial charge on any atom is 0.270 e. The van der Waals surface area contributed by atoms with Crippen molar-refractivity contribution in [3.8, 4) is 0 Å². The lowest BCUT2D eigenvalue weighted by Crippen LogP contribution is -2.47. The fourth-order valence-corrected chi connectivity index (χ4v) is 5.29. The van der Waals surface area contributed by atoms with Crippen LogP contribution in [0.1, 0.15) is 47.8 Å². The average molecular weight is 539 g/mol. The molecule has 1 aliphatic carbocycles. The van der Waals surface area contributed by atoms with Crippen LogP contribution in [0.2, 0.25) is 0 Å². The first-order valence-corrected chi connectivity index (χ1v) is 13.7. The summed E-state index contributed by atoms with van der Waals surface area (Å²) >= 11 is 0. The number of ether oxygens (including phenoxy) is 1. The quantitative estimate of drug-likeness (QED) is 0.227. The monoisotopic (exact) mass is 538 g/mol. The highest BCUT2D eigenvalue weighted by Gasteiger charge is 2.28. The van der Waals surface area contributed by atoms with Crippen molar-refractivity contribution < 1.29 is 14.6 Å². The number of aliphatic hydroxyl groups excluding tert-OH is 1. The minimum Gasteiger partial charge on any atom is -0.394 e. The van der Waals surface area contributed by atoms with E-state index in [0.29, 0.717) is 41.9 Å². The molecule has 0 bridgehead atoms. The molecule has 0 spiro atoms. The molecule has 39 heavy (non-hydrogen) atoms. The fourth-order valence-electron chi connectivity index (χ4n) is 5.29. The molecule has 1 aliphatic heterocycles. The van der Waals surface area contributed by atoms with E-state index < -0.39 is 0 Å². The Morgan fingerprint density at radius 2 is 1.95 bits per heavy atom. The Morgan fingerprint density at radius 1 is 1.21 bits per heavy atom. The number of piperazine rings is 1. The van der Waals surface area contributed by atoms with E-state index in [9.17, 15) is 4.79 Å². The maximum atomic E-state index is 13.0. The first kappa shape index (κ1) is 28.6. The first-order chi connectivity index (χ1) is 18.9. The molecule has 0 radical (unpaired) electrons. The first-order valence-electron chi connectivity index (χ1n) is 13.7. The van der Waals surface area contributed by atoms with Crippen LogP contribution in [0.4, 0.5) is 17.3 Å². The third kappa shape index (κ3) is 7.17. The lowest BCUT2D eigenvalue weighted by atomic mass is 10.2. The van der Waals surface area contributed by atoms with E-state index in [4.69, 9.17) is 15.3 Å². The topological polar surface area (TPSA) is 122 Å². The summed E-state index contributed by atoms with van der Waals surface area (Å²) in [5, 5.41) is 23.4. The van der Waals surface area contributed by atoms with Gasteiger partial charge in [-0.25, -0.2) is 4.98 Å². The van der Waals surface area contributed by atoms with Gasteiger partial charge in [0.2, 0.25) is 0 Å². The molecular weight excluding hydrogens is 496 g/mol. The SMILES string of the molecule is C=C(Nc1ccc(N2CCN(CCOCCO)CC2)cn1)Nc1c(C=N)cc(C(=O)N(C)C)n1C1CCCC1. The van der Waals surface area contributed by atoms with E-state index in [1.165, 1.54) is 6.21 Å². The van der Waals surface area contributed by atoms with E-state index >= 15 is 0 Å². The highest BCUT2D eigenvalue weighted by molar-refractivity contribution is 5.98. The van der Waals surface area contributed by atoms with Crippen LogP contribution in [0.3, 0.4) is 0 Å². The molecule has 0 unspecified atom stereocenters. The van der Waals surface area contributed by atoms with Gasteiger partial charge in [0.15, 0.2) is 0 Å². The largest absolute Gasteiger partial charge is 0.394 e. The maximum absolute atomic E-state index is 13.0. The molecule has 0 aromatic carbocycles. The minimum atomic E-state index is -0.0789. The molecule has 2 aliphatic rings. The number of carbonyl (C=O) groups is 1. The van der Waals surface area contributed by atoms with Crippen molar-refractivity contribution in [3.63, 3.8) is 0 Å². The highest BCUT2D eigenvalue weighted by Crippen LogP contribution is 2.36. The molecule has 212 valence electrons. The Hall–Kier alpha value is -3.41. The number of anilines is 3. The highest BCUT2D eigenvalue weighted by atomic mass is 16.5. The van der Waals surface area contributed by atoms with Gasteiger partial charge < -0.3 is 40.3 Å². The molecule has 4 N–H and O–H groups in total. The Morgan fingerprint density at radius 3 is 2.56 bits per heavy atom. The van der Waals surface area contributed by atoms with Gasteiger partial charge in [0.05, 0.1) is 31.7 Å². The smallest absolute Gasteiger partial charge is 0.270 e. The third-order valence-corrected chi connectivity index (χ3v) is 7.36. The van der Waals surface area contributed by atoms with Crippen LogP contribution >= 0.6 is 0 Å². The van der Waals surface area contributed by atoms with Gasteiger partial charge in [-0.15, -0.1) is 0 Å². The normalized spacial score (nSPS) is 16.3. The van der Waals surface area contributed by atoms with Gasteiger partial charge in [0, 0.05) is 64.6 Å². The Balaban J connectivity index is 1.38. The van der Waals surface area contributed by atoms with Gasteiger partial charge in [-0.3, -0.25) is 9.69 Å². The van der Waals surface area contributed by atoms with Crippen LogP contribution in [-0.4, -0.2) is 103 Å². The number of hydrogen-bond acceptors (Lipinski definition) is 9. The molecule has 1 saturated carbocycles. The third-order valence-electron chi connectivity index (χ3n) is 7.36. The van der Waals surface area contributed by atoms with Crippen molar-refractivity contribution >= 4 is 29.4 Å². The van der Waals surface area contributed by atoms with E-state index in [0.717, 1.165) is 64.1 Å². The predicted octanol–water partition coefficient (Wildman–Crippen LogP) is 2.82.